The summed E-state index contributed by atoms with van der Waals surface area (Å²) in [4.78, 5) is 4.04. The molecule has 25 heavy (non-hydrogen) atoms. The molecule has 0 aliphatic rings. The summed E-state index contributed by atoms with van der Waals surface area (Å²) in [5.41, 5.74) is 9.95. The highest BCUT2D eigenvalue weighted by Gasteiger charge is 2.03. The van der Waals surface area contributed by atoms with Crippen LogP contribution in [0.3, 0.4) is 0 Å². The van der Waals surface area contributed by atoms with E-state index in [9.17, 15) is 4.39 Å². The Hall–Kier alpha value is -2.64. The van der Waals surface area contributed by atoms with Crippen LogP contribution in [0.15, 0.2) is 52.9 Å². The lowest BCUT2D eigenvalue weighted by atomic mass is 10.2. The molecule has 0 fully saturated rings. The smallest absolute Gasteiger partial charge is 0.205 e. The highest BCUT2D eigenvalue weighted by Crippen LogP contribution is 2.20. The number of aromatic nitrogens is 1. The predicted molar refractivity (Wildman–Crippen MR) is 99.9 cm³/mol. The van der Waals surface area contributed by atoms with Gasteiger partial charge in [0.15, 0.2) is 0 Å². The van der Waals surface area contributed by atoms with Crippen molar-refractivity contribution in [2.45, 2.75) is 6.61 Å². The Bertz CT molecular complexity index is 883. The van der Waals surface area contributed by atoms with E-state index in [0.29, 0.717) is 21.7 Å². The molecule has 2 aromatic carbocycles. The van der Waals surface area contributed by atoms with Crippen molar-refractivity contribution in [3.05, 3.63) is 69.8 Å². The fraction of sp³-hybridized carbons (Fsp3) is 0.0588. The molecule has 0 amide bonds. The molecule has 1 aromatic heterocycles. The molecule has 3 rings (SSSR count). The van der Waals surface area contributed by atoms with Gasteiger partial charge in [0.2, 0.25) is 5.13 Å². The van der Waals surface area contributed by atoms with E-state index in [4.69, 9.17) is 22.1 Å². The molecule has 128 valence electrons. The van der Waals surface area contributed by atoms with Crippen LogP contribution in [0.5, 0.6) is 5.75 Å². The molecule has 1 heterocycles. The van der Waals surface area contributed by atoms with Gasteiger partial charge < -0.3 is 10.5 Å². The Balaban J connectivity index is 1.54. The van der Waals surface area contributed by atoms with E-state index >= 15 is 0 Å². The zero-order chi connectivity index (χ0) is 17.6. The van der Waals surface area contributed by atoms with Crippen LogP contribution in [0.2, 0.25) is 5.02 Å². The molecule has 0 aliphatic heterocycles. The second-order valence-electron chi connectivity index (χ2n) is 5.04. The lowest BCUT2D eigenvalue weighted by molar-refractivity contribution is 0.306. The summed E-state index contributed by atoms with van der Waals surface area (Å²) < 4.78 is 18.7. The van der Waals surface area contributed by atoms with Gasteiger partial charge in [-0.2, -0.15) is 5.10 Å². The Morgan fingerprint density at radius 3 is 2.76 bits per heavy atom. The van der Waals surface area contributed by atoms with E-state index in [2.05, 4.69) is 15.5 Å². The van der Waals surface area contributed by atoms with Crippen molar-refractivity contribution >= 4 is 40.1 Å². The van der Waals surface area contributed by atoms with Crippen molar-refractivity contribution in [3.63, 3.8) is 0 Å². The maximum Gasteiger partial charge on any atom is 0.205 e. The standard InChI is InChI=1S/C17H14ClFN4OS/c18-15-7-13(19)4-3-12(15)9-24-14-5-1-11(2-6-14)8-21-23-17-22-16(20)10-25-17/h1-8,10H,9,20H2,(H,22,23). The third-order valence-electron chi connectivity index (χ3n) is 3.19. The average Bonchev–Trinajstić information content (AvgIpc) is 3.01. The highest BCUT2D eigenvalue weighted by molar-refractivity contribution is 7.14. The predicted octanol–water partition coefficient (Wildman–Crippen LogP) is 4.54. The zero-order valence-electron chi connectivity index (χ0n) is 12.9. The minimum absolute atomic E-state index is 0.263. The molecular formula is C17H14ClFN4OS. The summed E-state index contributed by atoms with van der Waals surface area (Å²) in [5.74, 6) is 0.773. The van der Waals surface area contributed by atoms with E-state index in [1.165, 1.54) is 23.5 Å². The van der Waals surface area contributed by atoms with Gasteiger partial charge in [-0.15, -0.1) is 11.3 Å². The van der Waals surface area contributed by atoms with Gasteiger partial charge in [-0.25, -0.2) is 9.37 Å². The number of nitrogens with one attached hydrogen (secondary N) is 1. The van der Waals surface area contributed by atoms with Gasteiger partial charge in [0.1, 0.15) is 24.0 Å². The van der Waals surface area contributed by atoms with Crippen LogP contribution < -0.4 is 15.9 Å². The Morgan fingerprint density at radius 1 is 1.28 bits per heavy atom. The van der Waals surface area contributed by atoms with Gasteiger partial charge in [-0.05, 0) is 42.0 Å². The van der Waals surface area contributed by atoms with E-state index in [1.54, 1.807) is 17.7 Å². The number of thiazole rings is 1. The first-order chi connectivity index (χ1) is 12.1. The number of anilines is 2. The number of benzene rings is 2. The summed E-state index contributed by atoms with van der Waals surface area (Å²) in [7, 11) is 0. The van der Waals surface area contributed by atoms with Gasteiger partial charge in [-0.3, -0.25) is 5.43 Å². The highest BCUT2D eigenvalue weighted by atomic mass is 35.5. The average molecular weight is 377 g/mol. The van der Waals surface area contributed by atoms with Crippen molar-refractivity contribution < 1.29 is 9.13 Å². The fourth-order valence-electron chi connectivity index (χ4n) is 1.95. The van der Waals surface area contributed by atoms with Gasteiger partial charge >= 0.3 is 0 Å². The third-order valence-corrected chi connectivity index (χ3v) is 4.30. The van der Waals surface area contributed by atoms with Gasteiger partial charge in [0.05, 0.1) is 11.2 Å². The van der Waals surface area contributed by atoms with Gasteiger partial charge in [0.25, 0.3) is 0 Å². The first-order valence-corrected chi connectivity index (χ1v) is 8.53. The van der Waals surface area contributed by atoms with Crippen LogP contribution in [0, 0.1) is 5.82 Å². The Labute approximate surface area is 152 Å². The number of ether oxygens (including phenoxy) is 1. The molecule has 8 heteroatoms. The maximum atomic E-state index is 13.0. The third kappa shape index (κ3) is 4.91. The monoisotopic (exact) mass is 376 g/mol. The minimum Gasteiger partial charge on any atom is -0.489 e. The van der Waals surface area contributed by atoms with Gasteiger partial charge in [0, 0.05) is 10.9 Å². The summed E-state index contributed by atoms with van der Waals surface area (Å²) in [6.45, 7) is 0.263. The molecule has 0 aliphatic carbocycles. The van der Waals surface area contributed by atoms with Crippen LogP contribution in [0.4, 0.5) is 15.3 Å². The summed E-state index contributed by atoms with van der Waals surface area (Å²) in [6, 6.07) is 11.6. The van der Waals surface area contributed by atoms with Crippen LogP contribution >= 0.6 is 22.9 Å². The fourth-order valence-corrected chi connectivity index (χ4v) is 2.72. The van der Waals surface area contributed by atoms with Crippen molar-refractivity contribution in [2.24, 2.45) is 5.10 Å². The van der Waals surface area contributed by atoms with Crippen LogP contribution in [0.1, 0.15) is 11.1 Å². The topological polar surface area (TPSA) is 72.5 Å². The molecule has 0 atom stereocenters. The summed E-state index contributed by atoms with van der Waals surface area (Å²) in [5, 5.41) is 6.80. The minimum atomic E-state index is -0.369. The number of hydrogen-bond donors (Lipinski definition) is 2. The second-order valence-corrected chi connectivity index (χ2v) is 6.31. The molecule has 5 nitrogen and oxygen atoms in total. The van der Waals surface area contributed by atoms with Crippen LogP contribution in [0.25, 0.3) is 0 Å². The van der Waals surface area contributed by atoms with E-state index in [-0.39, 0.29) is 12.4 Å². The number of hydrogen-bond acceptors (Lipinski definition) is 6. The number of hydrazone groups is 1. The molecule has 0 radical (unpaired) electrons. The Morgan fingerprint density at radius 2 is 2.08 bits per heavy atom. The molecule has 0 saturated carbocycles. The van der Waals surface area contributed by atoms with Crippen LogP contribution in [-0.2, 0) is 6.61 Å². The van der Waals surface area contributed by atoms with Crippen molar-refractivity contribution in [3.8, 4) is 5.75 Å². The van der Waals surface area contributed by atoms with Gasteiger partial charge in [-0.1, -0.05) is 17.7 Å². The molecule has 3 N–H and O–H groups in total. The lowest BCUT2D eigenvalue weighted by Crippen LogP contribution is -1.97. The van der Waals surface area contributed by atoms with Crippen molar-refractivity contribution in [1.29, 1.82) is 0 Å². The quantitative estimate of drug-likeness (QED) is 0.489. The molecule has 0 saturated heterocycles. The molecule has 0 unspecified atom stereocenters. The number of halogens is 2. The lowest BCUT2D eigenvalue weighted by Gasteiger charge is -2.08. The first kappa shape index (κ1) is 17.2. The number of rotatable bonds is 6. The number of nitrogens with zero attached hydrogens (tertiary/aromatic N) is 2. The largest absolute Gasteiger partial charge is 0.489 e. The normalized spacial score (nSPS) is 11.0. The molecular weight excluding hydrogens is 363 g/mol. The number of nitrogens with two attached hydrogens (primary N) is 1. The SMILES string of the molecule is Nc1csc(NN=Cc2ccc(OCc3ccc(F)cc3Cl)cc2)n1. The number of nitrogen functional groups attached to an aromatic ring is 1. The molecule has 0 bridgehead atoms. The Kier molecular flexibility index (Phi) is 5.47. The molecule has 0 spiro atoms. The van der Waals surface area contributed by atoms with E-state index in [0.717, 1.165) is 11.1 Å². The van der Waals surface area contributed by atoms with Crippen molar-refractivity contribution in [2.75, 3.05) is 11.2 Å². The summed E-state index contributed by atoms with van der Waals surface area (Å²) in [6.07, 6.45) is 1.66. The summed E-state index contributed by atoms with van der Waals surface area (Å²) >= 11 is 7.35. The second kappa shape index (κ2) is 7.96. The van der Waals surface area contributed by atoms with Crippen molar-refractivity contribution in [1.82, 2.24) is 4.98 Å². The van der Waals surface area contributed by atoms with E-state index < -0.39 is 0 Å². The molecule has 3 aromatic rings. The zero-order valence-corrected chi connectivity index (χ0v) is 14.5. The van der Waals surface area contributed by atoms with E-state index in [1.807, 2.05) is 24.3 Å². The van der Waals surface area contributed by atoms with Crippen LogP contribution in [-0.4, -0.2) is 11.2 Å². The maximum absolute atomic E-state index is 13.0. The first-order valence-electron chi connectivity index (χ1n) is 7.27.